The molecule has 0 amide bonds. The first-order valence-electron chi connectivity index (χ1n) is 6.72. The molecule has 0 aromatic heterocycles. The van der Waals surface area contributed by atoms with Gasteiger partial charge in [0, 0.05) is 18.6 Å². The summed E-state index contributed by atoms with van der Waals surface area (Å²) in [5, 5.41) is 0. The highest BCUT2D eigenvalue weighted by Crippen LogP contribution is 2.22. The molecule has 1 heterocycles. The molecule has 1 aromatic rings. The van der Waals surface area contributed by atoms with Gasteiger partial charge in [-0.15, -0.1) is 0 Å². The van der Waals surface area contributed by atoms with Crippen LogP contribution in [-0.4, -0.2) is 26.1 Å². The lowest BCUT2D eigenvalue weighted by atomic mass is 9.76. The first kappa shape index (κ1) is 14.9. The van der Waals surface area contributed by atoms with Gasteiger partial charge in [-0.25, -0.2) is 6.57 Å². The van der Waals surface area contributed by atoms with E-state index in [-0.39, 0.29) is 12.5 Å². The largest absolute Gasteiger partial charge is 0.493 e. The maximum absolute atomic E-state index is 7.05. The Bertz CT molecular complexity index is 495. The first-order chi connectivity index (χ1) is 9.31. The minimum atomic E-state index is -0.844. The number of ether oxygens (including phenoxy) is 1. The van der Waals surface area contributed by atoms with Gasteiger partial charge in [-0.1, -0.05) is 26.0 Å². The predicted molar refractivity (Wildman–Crippen MR) is 78.8 cm³/mol. The van der Waals surface area contributed by atoms with Crippen molar-refractivity contribution in [3.05, 3.63) is 35.7 Å². The smallest absolute Gasteiger partial charge is 0.422 e. The lowest BCUT2D eigenvalue weighted by Gasteiger charge is -2.33. The summed E-state index contributed by atoms with van der Waals surface area (Å²) < 4.78 is 17.0. The molecule has 0 saturated carbocycles. The van der Waals surface area contributed by atoms with Crippen molar-refractivity contribution in [3.63, 3.8) is 0 Å². The summed E-state index contributed by atoms with van der Waals surface area (Å²) in [4.78, 5) is 3.42. The summed E-state index contributed by atoms with van der Waals surface area (Å²) >= 11 is 0. The van der Waals surface area contributed by atoms with Gasteiger partial charge in [0.2, 0.25) is 0 Å². The molecule has 0 bridgehead atoms. The molecular weight excluding hydrogens is 253 g/mol. The van der Waals surface area contributed by atoms with E-state index in [2.05, 4.69) is 18.7 Å². The van der Waals surface area contributed by atoms with Crippen molar-refractivity contribution in [2.24, 2.45) is 5.41 Å². The Labute approximate surface area is 121 Å². The molecule has 20 heavy (non-hydrogen) atoms. The Hall–Kier alpha value is -1.51. The molecular formula is C15H20BNO3. The molecule has 0 atom stereocenters. The monoisotopic (exact) mass is 273 g/mol. The highest BCUT2D eigenvalue weighted by molar-refractivity contribution is 6.61. The van der Waals surface area contributed by atoms with Crippen LogP contribution < -0.4 is 10.2 Å². The zero-order valence-electron chi connectivity index (χ0n) is 12.5. The van der Waals surface area contributed by atoms with E-state index in [0.717, 1.165) is 5.46 Å². The average molecular weight is 273 g/mol. The number of rotatable bonds is 3. The summed E-state index contributed by atoms with van der Waals surface area (Å²) in [6.45, 7) is 16.1. The summed E-state index contributed by atoms with van der Waals surface area (Å²) in [6.07, 6.45) is 0. The first-order valence-corrected chi connectivity index (χ1v) is 6.72. The zero-order chi connectivity index (χ0) is 14.8. The fourth-order valence-electron chi connectivity index (χ4n) is 1.89. The summed E-state index contributed by atoms with van der Waals surface area (Å²) in [7, 11) is -0.314. The number of hydrogen-bond acceptors (Lipinski definition) is 3. The zero-order valence-corrected chi connectivity index (χ0v) is 12.5. The van der Waals surface area contributed by atoms with Crippen molar-refractivity contribution in [2.75, 3.05) is 13.2 Å². The predicted octanol–water partition coefficient (Wildman–Crippen LogP) is 2.49. The Morgan fingerprint density at radius 2 is 1.75 bits per heavy atom. The molecule has 1 fully saturated rings. The summed E-state index contributed by atoms with van der Waals surface area (Å²) in [5.74, 6) is 0.672. The highest BCUT2D eigenvalue weighted by Gasteiger charge is 2.33. The van der Waals surface area contributed by atoms with Crippen LogP contribution in [0.1, 0.15) is 27.7 Å². The lowest BCUT2D eigenvalue weighted by molar-refractivity contribution is 0.0343. The van der Waals surface area contributed by atoms with E-state index in [1.54, 1.807) is 13.8 Å². The van der Waals surface area contributed by atoms with Gasteiger partial charge in [-0.2, -0.15) is 0 Å². The average Bonchev–Trinajstić information content (AvgIpc) is 2.40. The minimum Gasteiger partial charge on any atom is -0.422 e. The quantitative estimate of drug-likeness (QED) is 0.626. The van der Waals surface area contributed by atoms with Crippen molar-refractivity contribution >= 4 is 12.6 Å². The lowest BCUT2D eigenvalue weighted by Crippen LogP contribution is -2.47. The number of hydrogen-bond donors (Lipinski definition) is 0. The van der Waals surface area contributed by atoms with E-state index < -0.39 is 5.72 Å². The standard InChI is InChI=1S/C15H20BNO3/c1-14(2)10-18-16(19-11-14)12-6-8-13(9-7-12)20-15(3,4)17-5/h6-9H,10-11H2,1-4H3. The fourth-order valence-corrected chi connectivity index (χ4v) is 1.89. The molecule has 5 heteroatoms. The van der Waals surface area contributed by atoms with Crippen LogP contribution in [0.2, 0.25) is 0 Å². The van der Waals surface area contributed by atoms with E-state index >= 15 is 0 Å². The van der Waals surface area contributed by atoms with E-state index in [4.69, 9.17) is 20.6 Å². The van der Waals surface area contributed by atoms with Crippen LogP contribution in [0.4, 0.5) is 0 Å². The van der Waals surface area contributed by atoms with Crippen molar-refractivity contribution < 1.29 is 14.0 Å². The maximum Gasteiger partial charge on any atom is 0.493 e. The van der Waals surface area contributed by atoms with Gasteiger partial charge < -0.3 is 14.0 Å². The van der Waals surface area contributed by atoms with Crippen molar-refractivity contribution in [1.29, 1.82) is 0 Å². The summed E-state index contributed by atoms with van der Waals surface area (Å²) in [6, 6.07) is 7.51. The topological polar surface area (TPSA) is 32.0 Å². The minimum absolute atomic E-state index is 0.0687. The van der Waals surface area contributed by atoms with E-state index in [1.807, 2.05) is 24.3 Å². The van der Waals surface area contributed by atoms with E-state index in [9.17, 15) is 0 Å². The van der Waals surface area contributed by atoms with Crippen LogP contribution in [0.25, 0.3) is 4.85 Å². The molecule has 1 aliphatic heterocycles. The van der Waals surface area contributed by atoms with Gasteiger partial charge in [0.05, 0.1) is 13.8 Å². The molecule has 106 valence electrons. The summed E-state index contributed by atoms with van der Waals surface area (Å²) in [5.41, 5.74) is 0.191. The van der Waals surface area contributed by atoms with Gasteiger partial charge in [0.1, 0.15) is 5.75 Å². The molecule has 0 unspecified atom stereocenters. The van der Waals surface area contributed by atoms with Crippen LogP contribution in [0.15, 0.2) is 24.3 Å². The molecule has 1 aromatic carbocycles. The van der Waals surface area contributed by atoms with Crippen LogP contribution in [-0.2, 0) is 9.31 Å². The fraction of sp³-hybridized carbons (Fsp3) is 0.533. The Balaban J connectivity index is 2.01. The molecule has 0 radical (unpaired) electrons. The van der Waals surface area contributed by atoms with Crippen molar-refractivity contribution in [2.45, 2.75) is 33.4 Å². The molecule has 0 spiro atoms. The highest BCUT2D eigenvalue weighted by atomic mass is 16.6. The molecule has 1 saturated heterocycles. The normalized spacial score (nSPS) is 18.4. The third-order valence-corrected chi connectivity index (χ3v) is 3.04. The number of benzene rings is 1. The van der Waals surface area contributed by atoms with Gasteiger partial charge in [0.25, 0.3) is 0 Å². The second-order valence-corrected chi connectivity index (χ2v) is 6.35. The van der Waals surface area contributed by atoms with Crippen LogP contribution >= 0.6 is 0 Å². The SMILES string of the molecule is [C-]#[N+]C(C)(C)Oc1ccc(B2OCC(C)(C)CO2)cc1. The third kappa shape index (κ3) is 3.75. The van der Waals surface area contributed by atoms with Crippen LogP contribution in [0, 0.1) is 12.0 Å². The van der Waals surface area contributed by atoms with Crippen LogP contribution in [0.5, 0.6) is 5.75 Å². The van der Waals surface area contributed by atoms with E-state index in [1.165, 1.54) is 0 Å². The van der Waals surface area contributed by atoms with Crippen molar-refractivity contribution in [1.82, 2.24) is 0 Å². The van der Waals surface area contributed by atoms with Gasteiger partial charge in [-0.3, -0.25) is 4.85 Å². The van der Waals surface area contributed by atoms with Gasteiger partial charge in [-0.05, 0) is 17.6 Å². The van der Waals surface area contributed by atoms with Gasteiger partial charge >= 0.3 is 12.8 Å². The van der Waals surface area contributed by atoms with Gasteiger partial charge in [0.15, 0.2) is 0 Å². The second-order valence-electron chi connectivity index (χ2n) is 6.35. The Morgan fingerprint density at radius 1 is 1.20 bits per heavy atom. The van der Waals surface area contributed by atoms with Crippen LogP contribution in [0.3, 0.4) is 0 Å². The number of nitrogens with zero attached hydrogens (tertiary/aromatic N) is 1. The van der Waals surface area contributed by atoms with E-state index in [0.29, 0.717) is 19.0 Å². The third-order valence-electron chi connectivity index (χ3n) is 3.04. The Morgan fingerprint density at radius 3 is 2.25 bits per heavy atom. The Kier molecular flexibility index (Phi) is 4.07. The molecule has 1 aliphatic rings. The van der Waals surface area contributed by atoms with Crippen molar-refractivity contribution in [3.8, 4) is 5.75 Å². The molecule has 0 N–H and O–H groups in total. The molecule has 4 nitrogen and oxygen atoms in total. The molecule has 2 rings (SSSR count). The maximum atomic E-state index is 7.05. The second kappa shape index (κ2) is 5.47. The molecule has 0 aliphatic carbocycles.